The van der Waals surface area contributed by atoms with E-state index in [1.54, 1.807) is 18.5 Å². The molecule has 29 heavy (non-hydrogen) atoms. The zero-order valence-corrected chi connectivity index (χ0v) is 16.0. The van der Waals surface area contributed by atoms with E-state index in [1.165, 1.54) is 4.68 Å². The summed E-state index contributed by atoms with van der Waals surface area (Å²) >= 11 is 0. The van der Waals surface area contributed by atoms with Crippen molar-refractivity contribution >= 4 is 16.7 Å². The van der Waals surface area contributed by atoms with Gasteiger partial charge in [-0.25, -0.2) is 4.68 Å². The van der Waals surface area contributed by atoms with Crippen molar-refractivity contribution in [3.05, 3.63) is 94.5 Å². The Morgan fingerprint density at radius 2 is 1.76 bits per heavy atom. The number of aromatic nitrogens is 3. The van der Waals surface area contributed by atoms with Crippen LogP contribution in [0.4, 0.5) is 0 Å². The third-order valence-corrected chi connectivity index (χ3v) is 4.70. The lowest BCUT2D eigenvalue weighted by molar-refractivity contribution is -0.122. The Hall–Kier alpha value is -3.80. The largest absolute Gasteiger partial charge is 0.350 e. The van der Waals surface area contributed by atoms with E-state index in [4.69, 9.17) is 0 Å². The Balaban J connectivity index is 1.67. The van der Waals surface area contributed by atoms with E-state index in [-0.39, 0.29) is 18.0 Å². The molecule has 2 aromatic carbocycles. The Morgan fingerprint density at radius 1 is 1.00 bits per heavy atom. The molecule has 144 valence electrons. The smallest absolute Gasteiger partial charge is 0.275 e. The SMILES string of the molecule is Cc1ccc(-c2nn(CC(=O)NCc3cccnc3)c(=O)c3ccccc23)cc1. The molecule has 0 aliphatic carbocycles. The van der Waals surface area contributed by atoms with Crippen molar-refractivity contribution in [2.45, 2.75) is 20.0 Å². The summed E-state index contributed by atoms with van der Waals surface area (Å²) in [6, 6.07) is 19.0. The molecule has 2 heterocycles. The van der Waals surface area contributed by atoms with E-state index in [9.17, 15) is 9.59 Å². The maximum Gasteiger partial charge on any atom is 0.275 e. The molecule has 0 saturated heterocycles. The first-order valence-corrected chi connectivity index (χ1v) is 9.34. The van der Waals surface area contributed by atoms with E-state index >= 15 is 0 Å². The highest BCUT2D eigenvalue weighted by molar-refractivity contribution is 5.93. The van der Waals surface area contributed by atoms with Gasteiger partial charge in [-0.15, -0.1) is 0 Å². The summed E-state index contributed by atoms with van der Waals surface area (Å²) in [4.78, 5) is 29.3. The molecule has 0 radical (unpaired) electrons. The molecular formula is C23H20N4O2. The van der Waals surface area contributed by atoms with Crippen LogP contribution in [0.15, 0.2) is 77.9 Å². The monoisotopic (exact) mass is 384 g/mol. The van der Waals surface area contributed by atoms with Gasteiger partial charge in [0.05, 0.1) is 11.1 Å². The van der Waals surface area contributed by atoms with E-state index in [0.717, 1.165) is 22.1 Å². The van der Waals surface area contributed by atoms with Gasteiger partial charge in [0, 0.05) is 29.9 Å². The van der Waals surface area contributed by atoms with Gasteiger partial charge in [-0.05, 0) is 24.6 Å². The summed E-state index contributed by atoms with van der Waals surface area (Å²) in [6.45, 7) is 2.21. The van der Waals surface area contributed by atoms with Gasteiger partial charge in [0.2, 0.25) is 5.91 Å². The number of aryl methyl sites for hydroxylation is 1. The lowest BCUT2D eigenvalue weighted by Crippen LogP contribution is -2.33. The summed E-state index contributed by atoms with van der Waals surface area (Å²) < 4.78 is 1.23. The molecule has 0 unspecified atom stereocenters. The predicted molar refractivity (Wildman–Crippen MR) is 112 cm³/mol. The summed E-state index contributed by atoms with van der Waals surface area (Å²) in [5.41, 5.74) is 3.32. The zero-order valence-electron chi connectivity index (χ0n) is 16.0. The number of carbonyl (C=O) groups excluding carboxylic acids is 1. The van der Waals surface area contributed by atoms with Crippen molar-refractivity contribution in [3.8, 4) is 11.3 Å². The van der Waals surface area contributed by atoms with Gasteiger partial charge in [-0.3, -0.25) is 14.6 Å². The number of benzene rings is 2. The van der Waals surface area contributed by atoms with E-state index < -0.39 is 0 Å². The van der Waals surface area contributed by atoms with Crippen LogP contribution in [0.3, 0.4) is 0 Å². The Bertz CT molecular complexity index is 1220. The van der Waals surface area contributed by atoms with Gasteiger partial charge < -0.3 is 5.32 Å². The molecule has 0 saturated carbocycles. The quantitative estimate of drug-likeness (QED) is 0.574. The molecule has 0 aliphatic rings. The van der Waals surface area contributed by atoms with E-state index in [2.05, 4.69) is 15.4 Å². The van der Waals surface area contributed by atoms with Crippen LogP contribution in [0.25, 0.3) is 22.0 Å². The maximum absolute atomic E-state index is 12.9. The number of carbonyl (C=O) groups is 1. The van der Waals surface area contributed by atoms with E-state index in [0.29, 0.717) is 17.6 Å². The fourth-order valence-corrected chi connectivity index (χ4v) is 3.16. The Labute approximate surface area is 167 Å². The molecular weight excluding hydrogens is 364 g/mol. The summed E-state index contributed by atoms with van der Waals surface area (Å²) in [7, 11) is 0. The molecule has 0 fully saturated rings. The lowest BCUT2D eigenvalue weighted by Gasteiger charge is -2.12. The van der Waals surface area contributed by atoms with Crippen molar-refractivity contribution in [2.75, 3.05) is 0 Å². The molecule has 2 aromatic heterocycles. The fraction of sp³-hybridized carbons (Fsp3) is 0.130. The van der Waals surface area contributed by atoms with Crippen LogP contribution < -0.4 is 10.9 Å². The number of fused-ring (bicyclic) bond motifs is 1. The van der Waals surface area contributed by atoms with E-state index in [1.807, 2.05) is 61.5 Å². The Morgan fingerprint density at radius 3 is 2.48 bits per heavy atom. The van der Waals surface area contributed by atoms with Crippen LogP contribution in [0.5, 0.6) is 0 Å². The fourth-order valence-electron chi connectivity index (χ4n) is 3.16. The minimum atomic E-state index is -0.284. The van der Waals surface area contributed by atoms with Crippen molar-refractivity contribution in [1.82, 2.24) is 20.1 Å². The third kappa shape index (κ3) is 4.06. The van der Waals surface area contributed by atoms with Crippen LogP contribution in [0.2, 0.25) is 0 Å². The molecule has 0 bridgehead atoms. The molecule has 1 N–H and O–H groups in total. The van der Waals surface area contributed by atoms with Gasteiger partial charge in [-0.2, -0.15) is 5.10 Å². The Kier molecular flexibility index (Phi) is 5.16. The normalized spacial score (nSPS) is 10.8. The van der Waals surface area contributed by atoms with Crippen LogP contribution in [0, 0.1) is 6.92 Å². The third-order valence-electron chi connectivity index (χ3n) is 4.70. The average Bonchev–Trinajstić information content (AvgIpc) is 2.76. The number of rotatable bonds is 5. The standard InChI is InChI=1S/C23H20N4O2/c1-16-8-10-18(11-9-16)22-19-6-2-3-7-20(19)23(29)27(26-22)15-21(28)25-14-17-5-4-12-24-13-17/h2-13H,14-15H2,1H3,(H,25,28). The highest BCUT2D eigenvalue weighted by Crippen LogP contribution is 2.24. The average molecular weight is 384 g/mol. The van der Waals surface area contributed by atoms with Gasteiger partial charge in [0.15, 0.2) is 0 Å². The topological polar surface area (TPSA) is 76.9 Å². The molecule has 0 atom stereocenters. The lowest BCUT2D eigenvalue weighted by atomic mass is 10.0. The van der Waals surface area contributed by atoms with Gasteiger partial charge in [0.25, 0.3) is 5.56 Å². The highest BCUT2D eigenvalue weighted by atomic mass is 16.2. The second-order valence-corrected chi connectivity index (χ2v) is 6.86. The van der Waals surface area contributed by atoms with Crippen LogP contribution >= 0.6 is 0 Å². The minimum Gasteiger partial charge on any atom is -0.350 e. The van der Waals surface area contributed by atoms with Crippen LogP contribution in [-0.4, -0.2) is 20.7 Å². The van der Waals surface area contributed by atoms with Gasteiger partial charge in [-0.1, -0.05) is 54.1 Å². The molecule has 0 aliphatic heterocycles. The first kappa shape index (κ1) is 18.6. The zero-order chi connectivity index (χ0) is 20.2. The molecule has 0 spiro atoms. The number of amides is 1. The van der Waals surface area contributed by atoms with Crippen LogP contribution in [-0.2, 0) is 17.9 Å². The maximum atomic E-state index is 12.9. The second kappa shape index (κ2) is 8.06. The second-order valence-electron chi connectivity index (χ2n) is 6.86. The molecule has 6 heteroatoms. The molecule has 6 nitrogen and oxygen atoms in total. The number of pyridine rings is 1. The minimum absolute atomic E-state index is 0.150. The number of hydrogen-bond donors (Lipinski definition) is 1. The van der Waals surface area contributed by atoms with Gasteiger partial charge in [0.1, 0.15) is 6.54 Å². The summed E-state index contributed by atoms with van der Waals surface area (Å²) in [5, 5.41) is 8.65. The number of hydrogen-bond acceptors (Lipinski definition) is 4. The molecule has 4 aromatic rings. The van der Waals surface area contributed by atoms with Crippen molar-refractivity contribution < 1.29 is 4.79 Å². The number of nitrogens with one attached hydrogen (secondary N) is 1. The number of nitrogens with zero attached hydrogens (tertiary/aromatic N) is 3. The first-order chi connectivity index (χ1) is 14.1. The van der Waals surface area contributed by atoms with Gasteiger partial charge >= 0.3 is 0 Å². The predicted octanol–water partition coefficient (Wildman–Crippen LogP) is 3.08. The first-order valence-electron chi connectivity index (χ1n) is 9.34. The van der Waals surface area contributed by atoms with Crippen LogP contribution in [0.1, 0.15) is 11.1 Å². The van der Waals surface area contributed by atoms with Crippen molar-refractivity contribution in [1.29, 1.82) is 0 Å². The highest BCUT2D eigenvalue weighted by Gasteiger charge is 2.14. The van der Waals surface area contributed by atoms with Crippen molar-refractivity contribution in [3.63, 3.8) is 0 Å². The summed E-state index contributed by atoms with van der Waals surface area (Å²) in [5.74, 6) is -0.284. The summed E-state index contributed by atoms with van der Waals surface area (Å²) in [6.07, 6.45) is 3.37. The molecule has 1 amide bonds. The molecule has 4 rings (SSSR count). The van der Waals surface area contributed by atoms with Crippen molar-refractivity contribution in [2.24, 2.45) is 0 Å².